The van der Waals surface area contributed by atoms with E-state index in [9.17, 15) is 4.79 Å². The Kier molecular flexibility index (Phi) is 2.81. The predicted molar refractivity (Wildman–Crippen MR) is 58.7 cm³/mol. The molecule has 0 aromatic carbocycles. The zero-order valence-electron chi connectivity index (χ0n) is 8.47. The lowest BCUT2D eigenvalue weighted by Crippen LogP contribution is -2.13. The van der Waals surface area contributed by atoms with Crippen LogP contribution in [-0.4, -0.2) is 20.9 Å². The zero-order valence-corrected chi connectivity index (χ0v) is 8.47. The highest BCUT2D eigenvalue weighted by atomic mass is 16.1. The second-order valence-corrected chi connectivity index (χ2v) is 3.18. The largest absolute Gasteiger partial charge is 0.378 e. The number of nitrogens with one attached hydrogen (secondary N) is 2. The molecule has 0 atom stereocenters. The van der Waals surface area contributed by atoms with Gasteiger partial charge in [-0.15, -0.1) is 0 Å². The number of carbonyl (C=O) groups excluding carboxylic acids is 1. The molecule has 2 rings (SSSR count). The Bertz CT molecular complexity index is 480. The summed E-state index contributed by atoms with van der Waals surface area (Å²) in [6, 6.07) is 3.36. The first kappa shape index (κ1) is 10.2. The average molecular weight is 217 g/mol. The molecule has 0 saturated heterocycles. The quantitative estimate of drug-likeness (QED) is 0.695. The number of aromatic nitrogens is 3. The van der Waals surface area contributed by atoms with E-state index >= 15 is 0 Å². The van der Waals surface area contributed by atoms with Crippen molar-refractivity contribution in [2.24, 2.45) is 5.73 Å². The van der Waals surface area contributed by atoms with E-state index in [0.29, 0.717) is 6.54 Å². The summed E-state index contributed by atoms with van der Waals surface area (Å²) < 4.78 is 0. The summed E-state index contributed by atoms with van der Waals surface area (Å²) in [5.41, 5.74) is 6.14. The third-order valence-corrected chi connectivity index (χ3v) is 2.03. The van der Waals surface area contributed by atoms with Gasteiger partial charge >= 0.3 is 0 Å². The van der Waals surface area contributed by atoms with Gasteiger partial charge in [-0.25, -0.2) is 4.98 Å². The Labute approximate surface area is 91.9 Å². The van der Waals surface area contributed by atoms with Gasteiger partial charge in [0.05, 0.1) is 6.54 Å². The minimum atomic E-state index is -0.540. The summed E-state index contributed by atoms with van der Waals surface area (Å²) in [7, 11) is 0. The third-order valence-electron chi connectivity index (χ3n) is 2.03. The molecule has 16 heavy (non-hydrogen) atoms. The van der Waals surface area contributed by atoms with Crippen LogP contribution in [-0.2, 0) is 6.54 Å². The molecule has 1 amide bonds. The maximum absolute atomic E-state index is 10.9. The van der Waals surface area contributed by atoms with Gasteiger partial charge in [0.25, 0.3) is 5.91 Å². The molecule has 0 unspecified atom stereocenters. The van der Waals surface area contributed by atoms with E-state index in [-0.39, 0.29) is 5.69 Å². The number of pyridine rings is 1. The highest BCUT2D eigenvalue weighted by Crippen LogP contribution is 2.08. The van der Waals surface area contributed by atoms with E-state index in [2.05, 4.69) is 20.3 Å². The van der Waals surface area contributed by atoms with Gasteiger partial charge in [-0.3, -0.25) is 9.78 Å². The lowest BCUT2D eigenvalue weighted by atomic mass is 10.3. The standard InChI is InChI=1S/C10H11N5O/c11-10(16)8-5-7(1-2-12-8)15-6-9-13-3-4-14-9/h1-5H,6H2,(H2,11,16)(H,12,15)(H,13,14). The van der Waals surface area contributed by atoms with Crippen molar-refractivity contribution in [1.29, 1.82) is 0 Å². The number of imidazole rings is 1. The number of amides is 1. The average Bonchev–Trinajstić information content (AvgIpc) is 2.79. The Hall–Kier alpha value is -2.37. The maximum atomic E-state index is 10.9. The summed E-state index contributed by atoms with van der Waals surface area (Å²) in [6.07, 6.45) is 4.96. The Morgan fingerprint density at radius 1 is 1.44 bits per heavy atom. The first-order valence-electron chi connectivity index (χ1n) is 4.73. The van der Waals surface area contributed by atoms with Crippen LogP contribution in [0.2, 0.25) is 0 Å². The molecule has 0 bridgehead atoms. The fourth-order valence-electron chi connectivity index (χ4n) is 1.26. The first-order chi connectivity index (χ1) is 7.75. The van der Waals surface area contributed by atoms with Gasteiger partial charge in [0, 0.05) is 24.3 Å². The number of nitrogens with zero attached hydrogens (tertiary/aromatic N) is 2. The van der Waals surface area contributed by atoms with Crippen LogP contribution in [0.15, 0.2) is 30.7 Å². The summed E-state index contributed by atoms with van der Waals surface area (Å²) >= 11 is 0. The zero-order chi connectivity index (χ0) is 11.4. The van der Waals surface area contributed by atoms with Gasteiger partial charge in [0.1, 0.15) is 11.5 Å². The molecule has 4 N–H and O–H groups in total. The highest BCUT2D eigenvalue weighted by molar-refractivity contribution is 5.91. The maximum Gasteiger partial charge on any atom is 0.267 e. The molecule has 6 nitrogen and oxygen atoms in total. The van der Waals surface area contributed by atoms with E-state index in [4.69, 9.17) is 5.73 Å². The molecule has 0 spiro atoms. The minimum Gasteiger partial charge on any atom is -0.378 e. The molecule has 2 heterocycles. The van der Waals surface area contributed by atoms with Crippen LogP contribution >= 0.6 is 0 Å². The van der Waals surface area contributed by atoms with Gasteiger partial charge in [0.15, 0.2) is 0 Å². The SMILES string of the molecule is NC(=O)c1cc(NCc2ncc[nH]2)ccn1. The van der Waals surface area contributed by atoms with Crippen molar-refractivity contribution in [3.63, 3.8) is 0 Å². The lowest BCUT2D eigenvalue weighted by Gasteiger charge is -2.04. The van der Waals surface area contributed by atoms with Gasteiger partial charge in [-0.1, -0.05) is 0 Å². The van der Waals surface area contributed by atoms with Gasteiger partial charge in [0.2, 0.25) is 0 Å². The molecule has 0 saturated carbocycles. The van der Waals surface area contributed by atoms with Crippen LogP contribution in [0.5, 0.6) is 0 Å². The smallest absolute Gasteiger partial charge is 0.267 e. The van der Waals surface area contributed by atoms with Crippen molar-refractivity contribution >= 4 is 11.6 Å². The van der Waals surface area contributed by atoms with Crippen molar-refractivity contribution in [3.05, 3.63) is 42.2 Å². The minimum absolute atomic E-state index is 0.240. The fraction of sp³-hybridized carbons (Fsp3) is 0.100. The van der Waals surface area contributed by atoms with Crippen molar-refractivity contribution in [2.45, 2.75) is 6.54 Å². The summed E-state index contributed by atoms with van der Waals surface area (Å²) in [4.78, 5) is 21.8. The predicted octanol–water partition coefficient (Wildman–Crippen LogP) is 0.516. The number of hydrogen-bond donors (Lipinski definition) is 3. The van der Waals surface area contributed by atoms with Crippen molar-refractivity contribution < 1.29 is 4.79 Å². The van der Waals surface area contributed by atoms with Gasteiger partial charge in [-0.05, 0) is 12.1 Å². The molecule has 0 fully saturated rings. The van der Waals surface area contributed by atoms with E-state index in [1.807, 2.05) is 0 Å². The Morgan fingerprint density at radius 3 is 3.00 bits per heavy atom. The van der Waals surface area contributed by atoms with Crippen LogP contribution in [0, 0.1) is 0 Å². The normalized spacial score (nSPS) is 10.0. The van der Waals surface area contributed by atoms with Crippen molar-refractivity contribution in [1.82, 2.24) is 15.0 Å². The highest BCUT2D eigenvalue weighted by Gasteiger charge is 2.02. The number of aromatic amines is 1. The number of carbonyl (C=O) groups is 1. The van der Waals surface area contributed by atoms with Crippen molar-refractivity contribution in [2.75, 3.05) is 5.32 Å². The lowest BCUT2D eigenvalue weighted by molar-refractivity contribution is 0.0995. The molecule has 2 aromatic rings. The number of H-pyrrole nitrogens is 1. The van der Waals surface area contributed by atoms with Crippen LogP contribution in [0.25, 0.3) is 0 Å². The molecule has 6 heteroatoms. The molecule has 82 valence electrons. The number of hydrogen-bond acceptors (Lipinski definition) is 4. The van der Waals surface area contributed by atoms with E-state index in [0.717, 1.165) is 11.5 Å². The molecule has 0 aliphatic carbocycles. The monoisotopic (exact) mass is 217 g/mol. The van der Waals surface area contributed by atoms with Crippen LogP contribution in [0.4, 0.5) is 5.69 Å². The summed E-state index contributed by atoms with van der Waals surface area (Å²) in [6.45, 7) is 0.551. The molecule has 0 radical (unpaired) electrons. The van der Waals surface area contributed by atoms with Gasteiger partial charge < -0.3 is 16.0 Å². The van der Waals surface area contributed by atoms with Crippen LogP contribution in [0.3, 0.4) is 0 Å². The molecule has 2 aromatic heterocycles. The molecular weight excluding hydrogens is 206 g/mol. The second-order valence-electron chi connectivity index (χ2n) is 3.18. The van der Waals surface area contributed by atoms with Crippen LogP contribution in [0.1, 0.15) is 16.3 Å². The Morgan fingerprint density at radius 2 is 2.31 bits per heavy atom. The van der Waals surface area contributed by atoms with E-state index in [1.54, 1.807) is 24.5 Å². The number of nitrogens with two attached hydrogens (primary N) is 1. The second kappa shape index (κ2) is 4.43. The number of anilines is 1. The van der Waals surface area contributed by atoms with Crippen molar-refractivity contribution in [3.8, 4) is 0 Å². The van der Waals surface area contributed by atoms with Gasteiger partial charge in [-0.2, -0.15) is 0 Å². The summed E-state index contributed by atoms with van der Waals surface area (Å²) in [5.74, 6) is 0.277. The number of rotatable bonds is 4. The Balaban J connectivity index is 2.04. The molecule has 0 aliphatic heterocycles. The van der Waals surface area contributed by atoms with E-state index in [1.165, 1.54) is 6.20 Å². The number of primary amides is 1. The molecule has 0 aliphatic rings. The topological polar surface area (TPSA) is 96.7 Å². The fourth-order valence-corrected chi connectivity index (χ4v) is 1.26. The third kappa shape index (κ3) is 2.35. The van der Waals surface area contributed by atoms with Crippen LogP contribution < -0.4 is 11.1 Å². The summed E-state index contributed by atoms with van der Waals surface area (Å²) in [5, 5.41) is 3.10. The van der Waals surface area contributed by atoms with E-state index < -0.39 is 5.91 Å². The molecular formula is C10H11N5O. The first-order valence-corrected chi connectivity index (χ1v) is 4.73.